The zero-order valence-corrected chi connectivity index (χ0v) is 10.5. The number of carbonyl (C=O) groups is 1. The fourth-order valence-corrected chi connectivity index (χ4v) is 2.30. The first-order chi connectivity index (χ1) is 8.75. The number of hydrogen-bond donors (Lipinski definition) is 0. The van der Waals surface area contributed by atoms with E-state index in [1.807, 2.05) is 0 Å². The largest absolute Gasteiger partial charge is 0.307 e. The number of halogens is 1. The van der Waals surface area contributed by atoms with E-state index < -0.39 is 0 Å². The predicted molar refractivity (Wildman–Crippen MR) is 66.8 cm³/mol. The third-order valence-corrected chi connectivity index (χ3v) is 3.43. The highest BCUT2D eigenvalue weighted by molar-refractivity contribution is 7.11. The average Bonchev–Trinajstić information content (AvgIpc) is 2.99. The Morgan fingerprint density at radius 2 is 2.22 bits per heavy atom. The lowest BCUT2D eigenvalue weighted by atomic mass is 10.4. The van der Waals surface area contributed by atoms with E-state index in [9.17, 15) is 4.79 Å². The van der Waals surface area contributed by atoms with Gasteiger partial charge in [0.05, 0.1) is 12.9 Å². The van der Waals surface area contributed by atoms with Crippen LogP contribution in [-0.2, 0) is 6.54 Å². The minimum absolute atomic E-state index is 0.0842. The summed E-state index contributed by atoms with van der Waals surface area (Å²) in [5.41, 5.74) is 1.03. The van der Waals surface area contributed by atoms with Crippen LogP contribution in [-0.4, -0.2) is 30.3 Å². The number of fused-ring (bicyclic) bond motifs is 1. The van der Waals surface area contributed by atoms with Crippen LogP contribution in [0.25, 0.3) is 11.2 Å². The summed E-state index contributed by atoms with van der Waals surface area (Å²) in [4.78, 5) is 27.9. The van der Waals surface area contributed by atoms with Gasteiger partial charge in [0, 0.05) is 11.6 Å². The van der Waals surface area contributed by atoms with Crippen molar-refractivity contribution in [1.29, 1.82) is 0 Å². The summed E-state index contributed by atoms with van der Waals surface area (Å²) < 4.78 is 1.63. The summed E-state index contributed by atoms with van der Waals surface area (Å²) in [7, 11) is 0. The van der Waals surface area contributed by atoms with Crippen molar-refractivity contribution >= 4 is 39.9 Å². The second kappa shape index (κ2) is 4.43. The molecule has 18 heavy (non-hydrogen) atoms. The Balaban J connectivity index is 1.96. The predicted octanol–water partition coefficient (Wildman–Crippen LogP) is 1.82. The SMILES string of the molecule is O=C(Cn1cnc2c(Cl)ncnc21)c1nccs1. The van der Waals surface area contributed by atoms with Crippen LogP contribution in [0.4, 0.5) is 0 Å². The van der Waals surface area contributed by atoms with Crippen molar-refractivity contribution < 1.29 is 4.79 Å². The van der Waals surface area contributed by atoms with Gasteiger partial charge in [-0.3, -0.25) is 4.79 Å². The molecule has 3 heterocycles. The maximum atomic E-state index is 11.9. The maximum Gasteiger partial charge on any atom is 0.211 e. The molecule has 0 saturated carbocycles. The van der Waals surface area contributed by atoms with Crippen molar-refractivity contribution in [3.8, 4) is 0 Å². The molecule has 8 heteroatoms. The minimum Gasteiger partial charge on any atom is -0.307 e. The van der Waals surface area contributed by atoms with Crippen LogP contribution in [0.5, 0.6) is 0 Å². The van der Waals surface area contributed by atoms with Crippen LogP contribution in [0.1, 0.15) is 9.80 Å². The van der Waals surface area contributed by atoms with Gasteiger partial charge in [0.2, 0.25) is 5.78 Å². The molecule has 0 aliphatic rings. The lowest BCUT2D eigenvalue weighted by molar-refractivity contribution is 0.0973. The average molecular weight is 280 g/mol. The van der Waals surface area contributed by atoms with Gasteiger partial charge in [0.15, 0.2) is 15.8 Å². The smallest absolute Gasteiger partial charge is 0.211 e. The van der Waals surface area contributed by atoms with E-state index in [0.717, 1.165) is 0 Å². The molecule has 6 nitrogen and oxygen atoms in total. The van der Waals surface area contributed by atoms with Crippen molar-refractivity contribution in [2.24, 2.45) is 0 Å². The summed E-state index contributed by atoms with van der Waals surface area (Å²) in [5, 5.41) is 2.51. The second-order valence-corrected chi connectivity index (χ2v) is 4.72. The van der Waals surface area contributed by atoms with E-state index in [4.69, 9.17) is 11.6 Å². The van der Waals surface area contributed by atoms with E-state index in [1.165, 1.54) is 24.0 Å². The number of aromatic nitrogens is 5. The van der Waals surface area contributed by atoms with Crippen molar-refractivity contribution in [1.82, 2.24) is 24.5 Å². The first-order valence-corrected chi connectivity index (χ1v) is 6.25. The fraction of sp³-hybridized carbons (Fsp3) is 0.100. The second-order valence-electron chi connectivity index (χ2n) is 3.47. The van der Waals surface area contributed by atoms with E-state index in [0.29, 0.717) is 16.2 Å². The zero-order valence-electron chi connectivity index (χ0n) is 8.95. The molecule has 3 aromatic heterocycles. The van der Waals surface area contributed by atoms with Gasteiger partial charge in [0.25, 0.3) is 0 Å². The molecule has 90 valence electrons. The Labute approximate surface area is 110 Å². The van der Waals surface area contributed by atoms with Gasteiger partial charge in [-0.25, -0.2) is 19.9 Å². The normalized spacial score (nSPS) is 10.9. The molecular formula is C10H6ClN5OS. The van der Waals surface area contributed by atoms with Crippen molar-refractivity contribution in [3.05, 3.63) is 34.4 Å². The van der Waals surface area contributed by atoms with Gasteiger partial charge in [-0.1, -0.05) is 11.6 Å². The quantitative estimate of drug-likeness (QED) is 0.540. The van der Waals surface area contributed by atoms with Crippen molar-refractivity contribution in [2.75, 3.05) is 0 Å². The first-order valence-electron chi connectivity index (χ1n) is 5.00. The number of hydrogen-bond acceptors (Lipinski definition) is 6. The van der Waals surface area contributed by atoms with Crippen LogP contribution in [0.3, 0.4) is 0 Å². The van der Waals surface area contributed by atoms with Crippen LogP contribution in [0, 0.1) is 0 Å². The Hall–Kier alpha value is -1.86. The number of imidazole rings is 1. The molecule has 0 saturated heterocycles. The molecule has 0 N–H and O–H groups in total. The molecule has 0 aromatic carbocycles. The van der Waals surface area contributed by atoms with Gasteiger partial charge in [0.1, 0.15) is 11.8 Å². The third kappa shape index (κ3) is 1.87. The Morgan fingerprint density at radius 3 is 3.00 bits per heavy atom. The standard InChI is InChI=1S/C10H6ClN5OS/c11-8-7-9(14-4-13-8)16(5-15-7)3-6(17)10-12-1-2-18-10/h1-2,4-5H,3H2. The number of ketones is 1. The van der Waals surface area contributed by atoms with E-state index >= 15 is 0 Å². The number of rotatable bonds is 3. The minimum atomic E-state index is -0.0842. The molecule has 3 aromatic rings. The van der Waals surface area contributed by atoms with E-state index in [1.54, 1.807) is 16.1 Å². The topological polar surface area (TPSA) is 73.6 Å². The van der Waals surface area contributed by atoms with Crippen LogP contribution >= 0.6 is 22.9 Å². The molecule has 0 aliphatic carbocycles. The van der Waals surface area contributed by atoms with E-state index in [-0.39, 0.29) is 17.5 Å². The highest BCUT2D eigenvalue weighted by atomic mass is 35.5. The Bertz CT molecular complexity index is 708. The lowest BCUT2D eigenvalue weighted by Crippen LogP contribution is -2.09. The van der Waals surface area contributed by atoms with Gasteiger partial charge >= 0.3 is 0 Å². The lowest BCUT2D eigenvalue weighted by Gasteiger charge is -2.00. The number of nitrogens with zero attached hydrogens (tertiary/aromatic N) is 5. The summed E-state index contributed by atoms with van der Waals surface area (Å²) in [5.74, 6) is -0.0842. The first kappa shape index (κ1) is 11.2. The van der Waals surface area contributed by atoms with E-state index in [2.05, 4.69) is 19.9 Å². The van der Waals surface area contributed by atoms with Crippen molar-refractivity contribution in [2.45, 2.75) is 6.54 Å². The molecule has 0 fully saturated rings. The summed E-state index contributed by atoms with van der Waals surface area (Å²) >= 11 is 7.19. The van der Waals surface area contributed by atoms with Crippen LogP contribution in [0.2, 0.25) is 5.15 Å². The number of Topliss-reactive ketones (excluding diaryl/α,β-unsaturated/α-hetero) is 1. The molecule has 3 rings (SSSR count). The van der Waals surface area contributed by atoms with Gasteiger partial charge < -0.3 is 4.57 Å². The maximum absolute atomic E-state index is 11.9. The number of thiazole rings is 1. The molecule has 0 bridgehead atoms. The molecule has 0 amide bonds. The molecular weight excluding hydrogens is 274 g/mol. The zero-order chi connectivity index (χ0) is 12.5. The molecule has 0 radical (unpaired) electrons. The summed E-state index contributed by atoms with van der Waals surface area (Å²) in [6.07, 6.45) is 4.47. The van der Waals surface area contributed by atoms with Gasteiger partial charge in [-0.15, -0.1) is 11.3 Å². The highest BCUT2D eigenvalue weighted by Crippen LogP contribution is 2.17. The van der Waals surface area contributed by atoms with Gasteiger partial charge in [-0.05, 0) is 0 Å². The van der Waals surface area contributed by atoms with Crippen molar-refractivity contribution in [3.63, 3.8) is 0 Å². The van der Waals surface area contributed by atoms with Crippen LogP contribution < -0.4 is 0 Å². The monoisotopic (exact) mass is 279 g/mol. The molecule has 0 unspecified atom stereocenters. The molecule has 0 spiro atoms. The summed E-state index contributed by atoms with van der Waals surface area (Å²) in [6, 6.07) is 0. The van der Waals surface area contributed by atoms with Gasteiger partial charge in [-0.2, -0.15) is 0 Å². The fourth-order valence-electron chi connectivity index (χ4n) is 1.55. The Morgan fingerprint density at radius 1 is 1.33 bits per heavy atom. The molecule has 0 aliphatic heterocycles. The molecule has 0 atom stereocenters. The summed E-state index contributed by atoms with van der Waals surface area (Å²) in [6.45, 7) is 0.136. The highest BCUT2D eigenvalue weighted by Gasteiger charge is 2.13. The Kier molecular flexibility index (Phi) is 2.77. The third-order valence-electron chi connectivity index (χ3n) is 2.34. The number of carbonyl (C=O) groups excluding carboxylic acids is 1. The van der Waals surface area contributed by atoms with Crippen LogP contribution in [0.15, 0.2) is 24.2 Å².